The standard InChI is InChI=1S/C30H37N3O5S/c1-6-28(30(35)31-22(2)3)32(20-24-13-10-12-23(4)18-24)29(34)21-33(25-14-11-15-26(19-25)38-5)39(36,37)27-16-8-7-9-17-27/h7-19,22,28H,6,20-21H2,1-5H3,(H,31,35)/t28-/m1/s1. The van der Waals surface area contributed by atoms with Gasteiger partial charge in [0.2, 0.25) is 11.8 Å². The summed E-state index contributed by atoms with van der Waals surface area (Å²) in [5, 5.41) is 2.90. The average Bonchev–Trinajstić information content (AvgIpc) is 2.91. The smallest absolute Gasteiger partial charge is 0.264 e. The van der Waals surface area contributed by atoms with Crippen LogP contribution in [-0.2, 0) is 26.2 Å². The van der Waals surface area contributed by atoms with Crippen LogP contribution in [0.2, 0.25) is 0 Å². The van der Waals surface area contributed by atoms with Gasteiger partial charge in [-0.05, 0) is 57.0 Å². The van der Waals surface area contributed by atoms with Gasteiger partial charge in [-0.25, -0.2) is 8.42 Å². The Balaban J connectivity index is 2.07. The molecule has 0 saturated heterocycles. The minimum Gasteiger partial charge on any atom is -0.497 e. The van der Waals surface area contributed by atoms with Crippen molar-refractivity contribution in [3.8, 4) is 5.75 Å². The Morgan fingerprint density at radius 1 is 0.949 bits per heavy atom. The lowest BCUT2D eigenvalue weighted by Gasteiger charge is -2.33. The molecule has 1 N–H and O–H groups in total. The molecule has 0 unspecified atom stereocenters. The van der Waals surface area contributed by atoms with Gasteiger partial charge < -0.3 is 15.0 Å². The fourth-order valence-electron chi connectivity index (χ4n) is 4.32. The van der Waals surface area contributed by atoms with Crippen molar-refractivity contribution in [3.63, 3.8) is 0 Å². The second-order valence-corrected chi connectivity index (χ2v) is 11.5. The van der Waals surface area contributed by atoms with Gasteiger partial charge in [0.05, 0.1) is 17.7 Å². The lowest BCUT2D eigenvalue weighted by Crippen LogP contribution is -2.53. The molecule has 0 fully saturated rings. The number of amides is 2. The largest absolute Gasteiger partial charge is 0.497 e. The molecule has 0 aromatic heterocycles. The molecule has 0 heterocycles. The number of ether oxygens (including phenoxy) is 1. The first kappa shape index (κ1) is 29.7. The fourth-order valence-corrected chi connectivity index (χ4v) is 5.75. The van der Waals surface area contributed by atoms with E-state index in [1.54, 1.807) is 42.5 Å². The van der Waals surface area contributed by atoms with E-state index in [9.17, 15) is 18.0 Å². The Morgan fingerprint density at radius 2 is 1.64 bits per heavy atom. The number of nitrogens with zero attached hydrogens (tertiary/aromatic N) is 2. The highest BCUT2D eigenvalue weighted by Crippen LogP contribution is 2.27. The van der Waals surface area contributed by atoms with Crippen LogP contribution >= 0.6 is 0 Å². The van der Waals surface area contributed by atoms with E-state index < -0.39 is 28.5 Å². The van der Waals surface area contributed by atoms with E-state index in [1.165, 1.54) is 24.1 Å². The van der Waals surface area contributed by atoms with Crippen molar-refractivity contribution in [2.24, 2.45) is 0 Å². The van der Waals surface area contributed by atoms with Gasteiger partial charge in [-0.3, -0.25) is 13.9 Å². The van der Waals surface area contributed by atoms with E-state index in [0.29, 0.717) is 12.2 Å². The van der Waals surface area contributed by atoms with Crippen molar-refractivity contribution >= 4 is 27.5 Å². The summed E-state index contributed by atoms with van der Waals surface area (Å²) in [6.07, 6.45) is 0.362. The predicted octanol–water partition coefficient (Wildman–Crippen LogP) is 4.53. The number of methoxy groups -OCH3 is 1. The van der Waals surface area contributed by atoms with Crippen LogP contribution in [0.1, 0.15) is 38.3 Å². The van der Waals surface area contributed by atoms with Crippen LogP contribution in [0, 0.1) is 6.92 Å². The summed E-state index contributed by atoms with van der Waals surface area (Å²) in [5.41, 5.74) is 2.14. The number of carbonyl (C=O) groups is 2. The third-order valence-corrected chi connectivity index (χ3v) is 7.99. The van der Waals surface area contributed by atoms with Gasteiger partial charge in [0.25, 0.3) is 10.0 Å². The van der Waals surface area contributed by atoms with Gasteiger partial charge in [-0.1, -0.05) is 61.0 Å². The summed E-state index contributed by atoms with van der Waals surface area (Å²) in [7, 11) is -2.64. The normalized spacial score (nSPS) is 12.1. The number of rotatable bonds is 12. The highest BCUT2D eigenvalue weighted by atomic mass is 32.2. The third kappa shape index (κ3) is 7.60. The number of hydrogen-bond acceptors (Lipinski definition) is 5. The minimum absolute atomic E-state index is 0.0513. The fraction of sp³-hybridized carbons (Fsp3) is 0.333. The van der Waals surface area contributed by atoms with Gasteiger partial charge in [-0.2, -0.15) is 0 Å². The van der Waals surface area contributed by atoms with Crippen LogP contribution in [-0.4, -0.2) is 50.9 Å². The van der Waals surface area contributed by atoms with Crippen molar-refractivity contribution in [2.45, 2.75) is 57.6 Å². The molecule has 0 bridgehead atoms. The van der Waals surface area contributed by atoms with Crippen molar-refractivity contribution in [2.75, 3.05) is 18.0 Å². The second kappa shape index (κ2) is 13.3. The first-order valence-electron chi connectivity index (χ1n) is 12.9. The molecular formula is C30H37N3O5S. The molecule has 9 heteroatoms. The van der Waals surface area contributed by atoms with Crippen molar-refractivity contribution < 1.29 is 22.7 Å². The zero-order chi connectivity index (χ0) is 28.6. The van der Waals surface area contributed by atoms with E-state index in [-0.39, 0.29) is 29.1 Å². The Kier molecular flexibility index (Phi) is 10.1. The second-order valence-electron chi connectivity index (χ2n) is 9.62. The highest BCUT2D eigenvalue weighted by molar-refractivity contribution is 7.92. The predicted molar refractivity (Wildman–Crippen MR) is 153 cm³/mol. The number of hydrogen-bond donors (Lipinski definition) is 1. The molecule has 208 valence electrons. The zero-order valence-electron chi connectivity index (χ0n) is 23.1. The molecule has 0 spiro atoms. The Morgan fingerprint density at radius 3 is 2.26 bits per heavy atom. The lowest BCUT2D eigenvalue weighted by atomic mass is 10.1. The lowest BCUT2D eigenvalue weighted by molar-refractivity contribution is -0.140. The van der Waals surface area contributed by atoms with Gasteiger partial charge in [0.1, 0.15) is 18.3 Å². The van der Waals surface area contributed by atoms with Crippen LogP contribution in [0.15, 0.2) is 83.8 Å². The maximum atomic E-state index is 14.0. The van der Waals surface area contributed by atoms with Crippen LogP contribution in [0.4, 0.5) is 5.69 Å². The Hall–Kier alpha value is -3.85. The summed E-state index contributed by atoms with van der Waals surface area (Å²) < 4.78 is 34.1. The summed E-state index contributed by atoms with van der Waals surface area (Å²) in [6.45, 7) is 7.16. The summed E-state index contributed by atoms with van der Waals surface area (Å²) >= 11 is 0. The molecule has 39 heavy (non-hydrogen) atoms. The Bertz CT molecular complexity index is 1380. The topological polar surface area (TPSA) is 96.0 Å². The van der Waals surface area contributed by atoms with Gasteiger partial charge >= 0.3 is 0 Å². The molecule has 8 nitrogen and oxygen atoms in total. The molecule has 0 aliphatic carbocycles. The molecule has 2 amide bonds. The van der Waals surface area contributed by atoms with Crippen molar-refractivity contribution in [3.05, 3.63) is 90.0 Å². The van der Waals surface area contributed by atoms with Crippen LogP contribution < -0.4 is 14.4 Å². The summed E-state index contributed by atoms with van der Waals surface area (Å²) in [6, 6.07) is 21.3. The van der Waals surface area contributed by atoms with E-state index in [2.05, 4.69) is 5.32 Å². The number of aryl methyl sites for hydroxylation is 1. The monoisotopic (exact) mass is 551 g/mol. The van der Waals surface area contributed by atoms with Gasteiger partial charge in [0.15, 0.2) is 0 Å². The van der Waals surface area contributed by atoms with E-state index in [4.69, 9.17) is 4.74 Å². The first-order valence-corrected chi connectivity index (χ1v) is 14.4. The molecule has 3 aromatic carbocycles. The van der Waals surface area contributed by atoms with Crippen molar-refractivity contribution in [1.29, 1.82) is 0 Å². The maximum absolute atomic E-state index is 14.0. The van der Waals surface area contributed by atoms with Crippen LogP contribution in [0.25, 0.3) is 0 Å². The zero-order valence-corrected chi connectivity index (χ0v) is 23.9. The van der Waals surface area contributed by atoms with Gasteiger partial charge in [0, 0.05) is 18.7 Å². The minimum atomic E-state index is -4.13. The molecular weight excluding hydrogens is 514 g/mol. The van der Waals surface area contributed by atoms with E-state index >= 15 is 0 Å². The SMILES string of the molecule is CC[C@H](C(=O)NC(C)C)N(Cc1cccc(C)c1)C(=O)CN(c1cccc(OC)c1)S(=O)(=O)c1ccccc1. The summed E-state index contributed by atoms with van der Waals surface area (Å²) in [5.74, 6) is -0.329. The number of carbonyl (C=O) groups excluding carboxylic acids is 2. The first-order chi connectivity index (χ1) is 18.6. The molecule has 3 aromatic rings. The molecule has 0 aliphatic rings. The average molecular weight is 552 g/mol. The molecule has 0 aliphatic heterocycles. The molecule has 3 rings (SSSR count). The Labute approximate surface area is 231 Å². The molecule has 1 atom stereocenters. The highest BCUT2D eigenvalue weighted by Gasteiger charge is 2.34. The number of nitrogens with one attached hydrogen (secondary N) is 1. The number of anilines is 1. The van der Waals surface area contributed by atoms with Crippen LogP contribution in [0.5, 0.6) is 5.75 Å². The third-order valence-electron chi connectivity index (χ3n) is 6.20. The number of sulfonamides is 1. The van der Waals surface area contributed by atoms with E-state index in [1.807, 2.05) is 52.0 Å². The summed E-state index contributed by atoms with van der Waals surface area (Å²) in [4.78, 5) is 28.8. The maximum Gasteiger partial charge on any atom is 0.264 e. The molecule has 0 saturated carbocycles. The molecule has 0 radical (unpaired) electrons. The number of benzene rings is 3. The van der Waals surface area contributed by atoms with Gasteiger partial charge in [-0.15, -0.1) is 0 Å². The van der Waals surface area contributed by atoms with Crippen LogP contribution in [0.3, 0.4) is 0 Å². The quantitative estimate of drug-likeness (QED) is 0.357. The van der Waals surface area contributed by atoms with Crippen molar-refractivity contribution in [1.82, 2.24) is 10.2 Å². The van der Waals surface area contributed by atoms with E-state index in [0.717, 1.165) is 15.4 Å².